The Kier molecular flexibility index (Phi) is 3.47. The zero-order valence-electron chi connectivity index (χ0n) is 11.3. The highest BCUT2D eigenvalue weighted by Gasteiger charge is 2.24. The van der Waals surface area contributed by atoms with Crippen molar-refractivity contribution < 1.29 is 9.53 Å². The number of hydrogen-bond donors (Lipinski definition) is 1. The maximum atomic E-state index is 12.4. The lowest BCUT2D eigenvalue weighted by molar-refractivity contribution is 0.0732. The first-order valence-corrected chi connectivity index (χ1v) is 6.53. The van der Waals surface area contributed by atoms with Gasteiger partial charge in [0.2, 0.25) is 0 Å². The third kappa shape index (κ3) is 2.42. The topological polar surface area (TPSA) is 71.1 Å². The average Bonchev–Trinajstić information content (AvgIpc) is 2.95. The highest BCUT2D eigenvalue weighted by Crippen LogP contribution is 2.17. The predicted molar refractivity (Wildman–Crippen MR) is 72.0 cm³/mol. The highest BCUT2D eigenvalue weighted by molar-refractivity contribution is 5.94. The fraction of sp³-hybridized carbons (Fsp3) is 0.357. The van der Waals surface area contributed by atoms with Crippen LogP contribution in [0.3, 0.4) is 0 Å². The molecule has 2 heterocycles. The SMILES string of the molecule is COCc1ccc(C(=O)N2CCc3n[nH]nc3C2)cc1. The van der Waals surface area contributed by atoms with Gasteiger partial charge in [-0.05, 0) is 17.7 Å². The van der Waals surface area contributed by atoms with Crippen LogP contribution in [0.4, 0.5) is 0 Å². The van der Waals surface area contributed by atoms with E-state index in [9.17, 15) is 4.79 Å². The zero-order chi connectivity index (χ0) is 13.9. The van der Waals surface area contributed by atoms with Gasteiger partial charge >= 0.3 is 0 Å². The van der Waals surface area contributed by atoms with Gasteiger partial charge in [0.1, 0.15) is 5.69 Å². The van der Waals surface area contributed by atoms with E-state index < -0.39 is 0 Å². The lowest BCUT2D eigenvalue weighted by Gasteiger charge is -2.25. The summed E-state index contributed by atoms with van der Waals surface area (Å²) in [4.78, 5) is 14.2. The third-order valence-electron chi connectivity index (χ3n) is 3.46. The maximum absolute atomic E-state index is 12.4. The van der Waals surface area contributed by atoms with Crippen LogP contribution in [-0.2, 0) is 24.3 Å². The Morgan fingerprint density at radius 2 is 2.05 bits per heavy atom. The van der Waals surface area contributed by atoms with E-state index in [1.54, 1.807) is 12.0 Å². The van der Waals surface area contributed by atoms with Crippen molar-refractivity contribution in [2.45, 2.75) is 19.6 Å². The fourth-order valence-electron chi connectivity index (χ4n) is 2.37. The van der Waals surface area contributed by atoms with Crippen LogP contribution in [0.15, 0.2) is 24.3 Å². The van der Waals surface area contributed by atoms with Crippen LogP contribution in [0.25, 0.3) is 0 Å². The number of nitrogens with one attached hydrogen (secondary N) is 1. The molecule has 1 aliphatic rings. The number of fused-ring (bicyclic) bond motifs is 1. The van der Waals surface area contributed by atoms with E-state index in [1.807, 2.05) is 24.3 Å². The summed E-state index contributed by atoms with van der Waals surface area (Å²) in [5.74, 6) is 0.0302. The molecule has 0 fully saturated rings. The molecule has 1 N–H and O–H groups in total. The van der Waals surface area contributed by atoms with Gasteiger partial charge in [0.25, 0.3) is 5.91 Å². The Labute approximate surface area is 116 Å². The molecule has 0 bridgehead atoms. The van der Waals surface area contributed by atoms with Gasteiger partial charge in [0.15, 0.2) is 0 Å². The van der Waals surface area contributed by atoms with E-state index >= 15 is 0 Å². The monoisotopic (exact) mass is 272 g/mol. The smallest absolute Gasteiger partial charge is 0.254 e. The molecule has 1 aliphatic heterocycles. The fourth-order valence-corrected chi connectivity index (χ4v) is 2.37. The van der Waals surface area contributed by atoms with E-state index in [1.165, 1.54) is 0 Å². The van der Waals surface area contributed by atoms with Gasteiger partial charge in [-0.25, -0.2) is 0 Å². The predicted octanol–water partition coefficient (Wildman–Crippen LogP) is 1.15. The summed E-state index contributed by atoms with van der Waals surface area (Å²) in [6.07, 6.45) is 0.749. The number of ether oxygens (including phenoxy) is 1. The molecule has 3 rings (SSSR count). The van der Waals surface area contributed by atoms with Gasteiger partial charge in [-0.3, -0.25) is 4.79 Å². The largest absolute Gasteiger partial charge is 0.380 e. The molecule has 104 valence electrons. The van der Waals surface area contributed by atoms with Gasteiger partial charge in [-0.2, -0.15) is 15.4 Å². The summed E-state index contributed by atoms with van der Waals surface area (Å²) in [6, 6.07) is 7.52. The number of carbonyl (C=O) groups excluding carboxylic acids is 1. The molecule has 0 unspecified atom stereocenters. The van der Waals surface area contributed by atoms with Gasteiger partial charge < -0.3 is 9.64 Å². The van der Waals surface area contributed by atoms with E-state index in [4.69, 9.17) is 4.74 Å². The van der Waals surface area contributed by atoms with Gasteiger partial charge in [0.05, 0.1) is 18.8 Å². The quantitative estimate of drug-likeness (QED) is 0.910. The van der Waals surface area contributed by atoms with Crippen LogP contribution in [-0.4, -0.2) is 39.9 Å². The van der Waals surface area contributed by atoms with Crippen molar-refractivity contribution >= 4 is 5.91 Å². The first-order valence-electron chi connectivity index (χ1n) is 6.53. The second-order valence-corrected chi connectivity index (χ2v) is 4.82. The molecule has 0 atom stereocenters. The van der Waals surface area contributed by atoms with Crippen LogP contribution >= 0.6 is 0 Å². The minimum Gasteiger partial charge on any atom is -0.380 e. The standard InChI is InChI=1S/C14H16N4O2/c1-20-9-10-2-4-11(5-3-10)14(19)18-7-6-12-13(8-18)16-17-15-12/h2-5H,6-9H2,1H3,(H,15,16,17). The summed E-state index contributed by atoms with van der Waals surface area (Å²) in [7, 11) is 1.66. The third-order valence-corrected chi connectivity index (χ3v) is 3.46. The molecule has 0 saturated carbocycles. The van der Waals surface area contributed by atoms with Crippen LogP contribution < -0.4 is 0 Å². The first kappa shape index (κ1) is 12.8. The van der Waals surface area contributed by atoms with Gasteiger partial charge in [0, 0.05) is 25.6 Å². The number of aromatic nitrogens is 3. The molecule has 0 spiro atoms. The number of H-pyrrole nitrogens is 1. The van der Waals surface area contributed by atoms with Crippen molar-refractivity contribution in [1.29, 1.82) is 0 Å². The Hall–Kier alpha value is -2.21. The molecule has 1 aromatic carbocycles. The first-order chi connectivity index (χ1) is 9.78. The van der Waals surface area contributed by atoms with E-state index in [2.05, 4.69) is 15.4 Å². The lowest BCUT2D eigenvalue weighted by atomic mass is 10.1. The number of benzene rings is 1. The van der Waals surface area contributed by atoms with Gasteiger partial charge in [-0.1, -0.05) is 12.1 Å². The number of rotatable bonds is 3. The van der Waals surface area contributed by atoms with E-state index in [0.717, 1.165) is 23.4 Å². The van der Waals surface area contributed by atoms with Crippen LogP contribution in [0.1, 0.15) is 27.3 Å². The number of hydrogen-bond acceptors (Lipinski definition) is 4. The van der Waals surface area contributed by atoms with E-state index in [-0.39, 0.29) is 5.91 Å². The number of nitrogens with zero attached hydrogens (tertiary/aromatic N) is 3. The average molecular weight is 272 g/mol. The molecule has 0 saturated heterocycles. The summed E-state index contributed by atoms with van der Waals surface area (Å²) < 4.78 is 5.06. The van der Waals surface area contributed by atoms with Crippen LogP contribution in [0, 0.1) is 0 Å². The Balaban J connectivity index is 1.73. The maximum Gasteiger partial charge on any atom is 0.254 e. The van der Waals surface area contributed by atoms with E-state index in [0.29, 0.717) is 25.3 Å². The summed E-state index contributed by atoms with van der Waals surface area (Å²) >= 11 is 0. The minimum atomic E-state index is 0.0302. The van der Waals surface area contributed by atoms with Crippen molar-refractivity contribution in [1.82, 2.24) is 20.3 Å². The van der Waals surface area contributed by atoms with Gasteiger partial charge in [-0.15, -0.1) is 0 Å². The second-order valence-electron chi connectivity index (χ2n) is 4.82. The normalized spacial score (nSPS) is 14.2. The Morgan fingerprint density at radius 1 is 1.30 bits per heavy atom. The summed E-state index contributed by atoms with van der Waals surface area (Å²) in [6.45, 7) is 1.75. The molecule has 6 nitrogen and oxygen atoms in total. The molecule has 1 aromatic heterocycles. The number of methoxy groups -OCH3 is 1. The molecule has 0 radical (unpaired) electrons. The molecule has 20 heavy (non-hydrogen) atoms. The molecule has 2 aromatic rings. The number of amides is 1. The Bertz CT molecular complexity index is 606. The van der Waals surface area contributed by atoms with Crippen molar-refractivity contribution in [3.05, 3.63) is 46.8 Å². The molecule has 1 amide bonds. The molecule has 6 heteroatoms. The lowest BCUT2D eigenvalue weighted by Crippen LogP contribution is -2.36. The highest BCUT2D eigenvalue weighted by atomic mass is 16.5. The van der Waals surface area contributed by atoms with Crippen LogP contribution in [0.5, 0.6) is 0 Å². The summed E-state index contributed by atoms with van der Waals surface area (Å²) in [5.41, 5.74) is 3.57. The number of aromatic amines is 1. The molecule has 0 aliphatic carbocycles. The zero-order valence-corrected chi connectivity index (χ0v) is 11.3. The molecular weight excluding hydrogens is 256 g/mol. The second kappa shape index (κ2) is 5.42. The van der Waals surface area contributed by atoms with Crippen molar-refractivity contribution in [2.75, 3.05) is 13.7 Å². The summed E-state index contributed by atoms with van der Waals surface area (Å²) in [5, 5.41) is 10.8. The van der Waals surface area contributed by atoms with Crippen molar-refractivity contribution in [3.8, 4) is 0 Å². The Morgan fingerprint density at radius 3 is 2.80 bits per heavy atom. The van der Waals surface area contributed by atoms with Crippen molar-refractivity contribution in [3.63, 3.8) is 0 Å². The molecular formula is C14H16N4O2. The number of carbonyl (C=O) groups is 1. The minimum absolute atomic E-state index is 0.0302. The van der Waals surface area contributed by atoms with Crippen LogP contribution in [0.2, 0.25) is 0 Å². The van der Waals surface area contributed by atoms with Crippen molar-refractivity contribution in [2.24, 2.45) is 0 Å².